The van der Waals surface area contributed by atoms with Crippen LogP contribution in [0.5, 0.6) is 0 Å². The smallest absolute Gasteiger partial charge is 0.244 e. The monoisotopic (exact) mass is 462 g/mol. The number of rotatable bonds is 7. The molecule has 9 heteroatoms. The molecule has 2 amide bonds. The van der Waals surface area contributed by atoms with Gasteiger partial charge in [0.15, 0.2) is 5.16 Å². The van der Waals surface area contributed by atoms with E-state index in [1.165, 1.54) is 16.7 Å². The van der Waals surface area contributed by atoms with Crippen LogP contribution in [-0.4, -0.2) is 45.6 Å². The molecule has 0 bridgehead atoms. The third-order valence-electron chi connectivity index (χ3n) is 4.38. The number of anilines is 1. The summed E-state index contributed by atoms with van der Waals surface area (Å²) in [6.45, 7) is 1.86. The van der Waals surface area contributed by atoms with Gasteiger partial charge in [-0.15, -0.1) is 0 Å². The summed E-state index contributed by atoms with van der Waals surface area (Å²) in [5.41, 5.74) is 2.35. The maximum atomic E-state index is 12.5. The van der Waals surface area contributed by atoms with E-state index in [1.54, 1.807) is 37.5 Å². The van der Waals surface area contributed by atoms with Crippen LogP contribution in [0.3, 0.4) is 0 Å². The zero-order chi connectivity index (χ0) is 21.7. The maximum absolute atomic E-state index is 12.5. The van der Waals surface area contributed by atoms with Gasteiger partial charge in [-0.1, -0.05) is 53.2 Å². The minimum atomic E-state index is -0.319. The number of aromatic nitrogens is 2. The molecule has 0 aliphatic rings. The van der Waals surface area contributed by atoms with Crippen LogP contribution in [0.15, 0.2) is 60.0 Å². The van der Waals surface area contributed by atoms with Gasteiger partial charge in [0.2, 0.25) is 11.8 Å². The molecule has 6 nitrogen and oxygen atoms in total. The molecule has 0 aliphatic carbocycles. The van der Waals surface area contributed by atoms with Crippen molar-refractivity contribution in [1.29, 1.82) is 0 Å². The second-order valence-electron chi connectivity index (χ2n) is 6.53. The van der Waals surface area contributed by atoms with Gasteiger partial charge in [0.25, 0.3) is 0 Å². The summed E-state index contributed by atoms with van der Waals surface area (Å²) in [5.74, 6) is -0.362. The lowest BCUT2D eigenvalue weighted by molar-refractivity contribution is -0.131. The average molecular weight is 463 g/mol. The SMILES string of the molecule is Cc1c(Cl)cccc1-n1ccnc1SCC(=O)N(C)CC(=O)Nc1ccccc1Cl. The van der Waals surface area contributed by atoms with Gasteiger partial charge in [-0.3, -0.25) is 14.2 Å². The van der Waals surface area contributed by atoms with Crippen LogP contribution >= 0.6 is 35.0 Å². The standard InChI is InChI=1S/C21H20Cl2N4O2S/c1-14-15(22)7-5-9-18(14)27-11-10-24-21(27)30-13-20(29)26(2)12-19(28)25-17-8-4-3-6-16(17)23/h3-11H,12-13H2,1-2H3,(H,25,28). The van der Waals surface area contributed by atoms with Crippen LogP contribution in [-0.2, 0) is 9.59 Å². The van der Waals surface area contributed by atoms with E-state index in [4.69, 9.17) is 23.2 Å². The molecule has 3 rings (SSSR count). The Morgan fingerprint density at radius 2 is 1.87 bits per heavy atom. The van der Waals surface area contributed by atoms with Crippen LogP contribution in [0.2, 0.25) is 10.0 Å². The fourth-order valence-corrected chi connectivity index (χ4v) is 3.99. The Balaban J connectivity index is 1.58. The highest BCUT2D eigenvalue weighted by atomic mass is 35.5. The third kappa shape index (κ3) is 5.36. The average Bonchev–Trinajstić information content (AvgIpc) is 3.18. The lowest BCUT2D eigenvalue weighted by atomic mass is 10.2. The highest BCUT2D eigenvalue weighted by molar-refractivity contribution is 7.99. The Bertz CT molecular complexity index is 1070. The molecule has 156 valence electrons. The van der Waals surface area contributed by atoms with Crippen molar-refractivity contribution in [3.63, 3.8) is 0 Å². The molecular weight excluding hydrogens is 443 g/mol. The predicted molar refractivity (Wildman–Crippen MR) is 122 cm³/mol. The van der Waals surface area contributed by atoms with Crippen LogP contribution in [0.25, 0.3) is 5.69 Å². The minimum Gasteiger partial charge on any atom is -0.336 e. The topological polar surface area (TPSA) is 67.2 Å². The summed E-state index contributed by atoms with van der Waals surface area (Å²) in [4.78, 5) is 30.4. The normalized spacial score (nSPS) is 10.7. The van der Waals surface area contributed by atoms with Gasteiger partial charge < -0.3 is 10.2 Å². The fourth-order valence-electron chi connectivity index (χ4n) is 2.73. The predicted octanol–water partition coefficient (Wildman–Crippen LogP) is 4.68. The number of thioether (sulfide) groups is 1. The minimum absolute atomic E-state index is 0.0769. The number of likely N-dealkylation sites (N-methyl/N-ethyl adjacent to an activating group) is 1. The van der Waals surface area contributed by atoms with Gasteiger partial charge in [0.05, 0.1) is 28.7 Å². The molecular formula is C21H20Cl2N4O2S. The van der Waals surface area contributed by atoms with Gasteiger partial charge in [-0.05, 0) is 36.8 Å². The Hall–Kier alpha value is -2.48. The molecule has 0 saturated heterocycles. The molecule has 1 heterocycles. The summed E-state index contributed by atoms with van der Waals surface area (Å²) in [6.07, 6.45) is 3.50. The second kappa shape index (κ2) is 10.0. The Morgan fingerprint density at radius 1 is 1.13 bits per heavy atom. The number of nitrogens with one attached hydrogen (secondary N) is 1. The molecule has 2 aromatic carbocycles. The van der Waals surface area contributed by atoms with Crippen molar-refractivity contribution in [3.05, 3.63) is 70.5 Å². The lowest BCUT2D eigenvalue weighted by Crippen LogP contribution is -2.36. The highest BCUT2D eigenvalue weighted by Crippen LogP contribution is 2.26. The second-order valence-corrected chi connectivity index (χ2v) is 8.29. The van der Waals surface area contributed by atoms with Crippen molar-refractivity contribution in [2.24, 2.45) is 0 Å². The van der Waals surface area contributed by atoms with Crippen molar-refractivity contribution in [1.82, 2.24) is 14.5 Å². The van der Waals surface area contributed by atoms with E-state index in [0.29, 0.717) is 20.9 Å². The first-order valence-corrected chi connectivity index (χ1v) is 10.8. The first-order chi connectivity index (χ1) is 14.4. The Kier molecular flexibility index (Phi) is 7.42. The molecule has 0 aliphatic heterocycles. The fraction of sp³-hybridized carbons (Fsp3) is 0.190. The van der Waals surface area contributed by atoms with Crippen LogP contribution in [0.4, 0.5) is 5.69 Å². The van der Waals surface area contributed by atoms with E-state index in [9.17, 15) is 9.59 Å². The molecule has 30 heavy (non-hydrogen) atoms. The molecule has 3 aromatic rings. The number of halogens is 2. The zero-order valence-electron chi connectivity index (χ0n) is 16.4. The van der Waals surface area contributed by atoms with Crippen LogP contribution in [0, 0.1) is 6.92 Å². The maximum Gasteiger partial charge on any atom is 0.244 e. The van der Waals surface area contributed by atoms with Gasteiger partial charge in [-0.2, -0.15) is 0 Å². The number of hydrogen-bond acceptors (Lipinski definition) is 4. The summed E-state index contributed by atoms with van der Waals surface area (Å²) in [6, 6.07) is 12.6. The Labute approximate surface area is 189 Å². The molecule has 1 N–H and O–H groups in total. The van der Waals surface area contributed by atoms with Gasteiger partial charge in [-0.25, -0.2) is 4.98 Å². The summed E-state index contributed by atoms with van der Waals surface area (Å²) < 4.78 is 1.89. The van der Waals surface area contributed by atoms with E-state index >= 15 is 0 Å². The number of benzene rings is 2. The largest absolute Gasteiger partial charge is 0.336 e. The van der Waals surface area contributed by atoms with Crippen molar-refractivity contribution in [3.8, 4) is 5.69 Å². The van der Waals surface area contributed by atoms with Crippen LogP contribution in [0.1, 0.15) is 5.56 Å². The molecule has 1 aromatic heterocycles. The van der Waals surface area contributed by atoms with Crippen LogP contribution < -0.4 is 5.32 Å². The number of carbonyl (C=O) groups excluding carboxylic acids is 2. The highest BCUT2D eigenvalue weighted by Gasteiger charge is 2.16. The first kappa shape index (κ1) is 22.2. The van der Waals surface area contributed by atoms with E-state index in [-0.39, 0.29) is 24.1 Å². The molecule has 0 radical (unpaired) electrons. The summed E-state index contributed by atoms with van der Waals surface area (Å²) in [7, 11) is 1.59. The first-order valence-electron chi connectivity index (χ1n) is 9.07. The molecule has 0 fully saturated rings. The molecule has 0 unspecified atom stereocenters. The summed E-state index contributed by atoms with van der Waals surface area (Å²) >= 11 is 13.6. The quantitative estimate of drug-likeness (QED) is 0.517. The lowest BCUT2D eigenvalue weighted by Gasteiger charge is -2.17. The third-order valence-corrected chi connectivity index (χ3v) is 6.08. The number of para-hydroxylation sites is 1. The van der Waals surface area contributed by atoms with Gasteiger partial charge in [0, 0.05) is 24.5 Å². The van der Waals surface area contributed by atoms with Crippen molar-refractivity contribution < 1.29 is 9.59 Å². The van der Waals surface area contributed by atoms with E-state index < -0.39 is 0 Å². The Morgan fingerprint density at radius 3 is 2.63 bits per heavy atom. The number of imidazole rings is 1. The van der Waals surface area contributed by atoms with Crippen molar-refractivity contribution in [2.45, 2.75) is 12.1 Å². The van der Waals surface area contributed by atoms with Gasteiger partial charge in [0.1, 0.15) is 0 Å². The number of hydrogen-bond donors (Lipinski definition) is 1. The zero-order valence-corrected chi connectivity index (χ0v) is 18.8. The van der Waals surface area contributed by atoms with E-state index in [1.807, 2.05) is 35.9 Å². The molecule has 0 atom stereocenters. The number of carbonyl (C=O) groups is 2. The number of amides is 2. The van der Waals surface area contributed by atoms with Crippen molar-refractivity contribution in [2.75, 3.05) is 24.7 Å². The van der Waals surface area contributed by atoms with Gasteiger partial charge >= 0.3 is 0 Å². The molecule has 0 spiro atoms. The van der Waals surface area contributed by atoms with E-state index in [0.717, 1.165) is 11.3 Å². The van der Waals surface area contributed by atoms with E-state index in [2.05, 4.69) is 10.3 Å². The number of nitrogens with zero attached hydrogens (tertiary/aromatic N) is 3. The van der Waals surface area contributed by atoms with Crippen molar-refractivity contribution >= 4 is 52.5 Å². The summed E-state index contributed by atoms with van der Waals surface area (Å²) in [5, 5.41) is 4.48. The molecule has 0 saturated carbocycles.